The molecule has 0 aliphatic heterocycles. The van der Waals surface area contributed by atoms with Crippen molar-refractivity contribution in [3.63, 3.8) is 0 Å². The monoisotopic (exact) mass is 502 g/mol. The highest BCUT2D eigenvalue weighted by atomic mass is 16.6. The third-order valence-corrected chi connectivity index (χ3v) is 6.60. The van der Waals surface area contributed by atoms with Crippen molar-refractivity contribution in [3.8, 4) is 17.0 Å². The van der Waals surface area contributed by atoms with E-state index in [0.717, 1.165) is 53.6 Å². The molecule has 5 rings (SSSR count). The maximum Gasteiger partial charge on any atom is 0.415 e. The molecule has 0 N–H and O–H groups in total. The Morgan fingerprint density at radius 1 is 1.08 bits per heavy atom. The Morgan fingerprint density at radius 2 is 1.81 bits per heavy atom. The lowest BCUT2D eigenvalue weighted by molar-refractivity contribution is 0.0588. The zero-order valence-corrected chi connectivity index (χ0v) is 22.1. The van der Waals surface area contributed by atoms with E-state index in [1.165, 1.54) is 4.90 Å². The first-order chi connectivity index (χ1) is 17.7. The molecule has 4 aromatic rings. The van der Waals surface area contributed by atoms with Gasteiger partial charge in [0.15, 0.2) is 0 Å². The van der Waals surface area contributed by atoms with Crippen molar-refractivity contribution in [2.24, 2.45) is 7.05 Å². The Balaban J connectivity index is 1.44. The second-order valence-corrected chi connectivity index (χ2v) is 10.7. The van der Waals surface area contributed by atoms with Crippen LogP contribution >= 0.6 is 0 Å². The third-order valence-electron chi connectivity index (χ3n) is 6.60. The number of anilines is 1. The molecule has 1 aliphatic rings. The molecule has 0 saturated heterocycles. The van der Waals surface area contributed by atoms with Gasteiger partial charge in [0.05, 0.1) is 23.9 Å². The number of ether oxygens (including phenoxy) is 2. The molecular weight excluding hydrogens is 468 g/mol. The lowest BCUT2D eigenvalue weighted by Crippen LogP contribution is -2.34. The van der Waals surface area contributed by atoms with Crippen LogP contribution in [0, 0.1) is 0 Å². The summed E-state index contributed by atoms with van der Waals surface area (Å²) in [6, 6.07) is 12.1. The molecule has 37 heavy (non-hydrogen) atoms. The Hall–Kier alpha value is -3.88. The standard InChI is InChI=1S/C28H34N6O3/c1-28(2,3)37-27(35)33(5)25-15-24-23(17-29-25)26(19-16-30-32(4)18-19)31-34(24)20-11-13-22(14-12-20)36-21-9-7-6-8-10-21/h6-10,15-18,20,22H,11-14H2,1-5H3. The molecule has 1 fully saturated rings. The van der Waals surface area contributed by atoms with Crippen molar-refractivity contribution in [1.82, 2.24) is 24.5 Å². The summed E-state index contributed by atoms with van der Waals surface area (Å²) in [5, 5.41) is 10.3. The van der Waals surface area contributed by atoms with Gasteiger partial charge >= 0.3 is 6.09 Å². The van der Waals surface area contributed by atoms with Gasteiger partial charge in [0.1, 0.15) is 22.9 Å². The fraction of sp³-hybridized carbons (Fsp3) is 0.429. The van der Waals surface area contributed by atoms with Crippen LogP contribution < -0.4 is 9.64 Å². The summed E-state index contributed by atoms with van der Waals surface area (Å²) in [4.78, 5) is 18.7. The molecule has 9 nitrogen and oxygen atoms in total. The van der Waals surface area contributed by atoms with E-state index in [9.17, 15) is 4.79 Å². The number of hydrogen-bond donors (Lipinski definition) is 0. The van der Waals surface area contributed by atoms with E-state index in [-0.39, 0.29) is 12.1 Å². The predicted molar refractivity (Wildman–Crippen MR) is 143 cm³/mol. The number of hydrogen-bond acceptors (Lipinski definition) is 6. The summed E-state index contributed by atoms with van der Waals surface area (Å²) in [5.74, 6) is 1.43. The molecule has 0 bridgehead atoms. The quantitative estimate of drug-likeness (QED) is 0.345. The SMILES string of the molecule is CN(C(=O)OC(C)(C)C)c1cc2c(cn1)c(-c1cnn(C)c1)nn2C1CCC(Oc2ccccc2)CC1. The normalized spacial score (nSPS) is 18.1. The van der Waals surface area contributed by atoms with Crippen molar-refractivity contribution in [3.05, 3.63) is 55.0 Å². The van der Waals surface area contributed by atoms with E-state index in [1.807, 2.05) is 76.6 Å². The smallest absolute Gasteiger partial charge is 0.415 e. The Labute approximate surface area is 217 Å². The fourth-order valence-electron chi connectivity index (χ4n) is 4.76. The summed E-state index contributed by atoms with van der Waals surface area (Å²) in [6.07, 6.45) is 9.08. The molecule has 0 radical (unpaired) electrons. The molecule has 1 aromatic carbocycles. The van der Waals surface area contributed by atoms with E-state index in [0.29, 0.717) is 5.82 Å². The number of amides is 1. The molecule has 194 valence electrons. The largest absolute Gasteiger partial charge is 0.490 e. The van der Waals surface area contributed by atoms with Crippen LogP contribution in [0.5, 0.6) is 5.75 Å². The van der Waals surface area contributed by atoms with Crippen LogP contribution in [0.1, 0.15) is 52.5 Å². The van der Waals surface area contributed by atoms with E-state index in [4.69, 9.17) is 14.6 Å². The third kappa shape index (κ3) is 5.45. The average molecular weight is 503 g/mol. The molecule has 1 saturated carbocycles. The van der Waals surface area contributed by atoms with Crippen molar-refractivity contribution in [2.75, 3.05) is 11.9 Å². The summed E-state index contributed by atoms with van der Waals surface area (Å²) in [7, 11) is 3.57. The number of carbonyl (C=O) groups excluding carboxylic acids is 1. The van der Waals surface area contributed by atoms with Gasteiger partial charge in [-0.2, -0.15) is 10.2 Å². The van der Waals surface area contributed by atoms with Crippen LogP contribution in [-0.2, 0) is 11.8 Å². The summed E-state index contributed by atoms with van der Waals surface area (Å²) in [5.41, 5.74) is 2.12. The number of nitrogens with zero attached hydrogens (tertiary/aromatic N) is 6. The first-order valence-corrected chi connectivity index (χ1v) is 12.7. The molecule has 0 atom stereocenters. The Kier molecular flexibility index (Phi) is 6.62. The summed E-state index contributed by atoms with van der Waals surface area (Å²) >= 11 is 0. The molecule has 3 aromatic heterocycles. The predicted octanol–water partition coefficient (Wildman–Crippen LogP) is 5.77. The van der Waals surface area contributed by atoms with Crippen LogP contribution in [-0.4, -0.2) is 49.4 Å². The molecule has 0 spiro atoms. The Morgan fingerprint density at radius 3 is 2.46 bits per heavy atom. The zero-order chi connectivity index (χ0) is 26.2. The number of rotatable bonds is 5. The molecule has 3 heterocycles. The van der Waals surface area contributed by atoms with Gasteiger partial charge in [-0.05, 0) is 58.6 Å². The highest BCUT2D eigenvalue weighted by Gasteiger charge is 2.28. The minimum absolute atomic E-state index is 0.189. The molecule has 9 heteroatoms. The number of aromatic nitrogens is 5. The molecule has 0 unspecified atom stereocenters. The minimum Gasteiger partial charge on any atom is -0.490 e. The van der Waals surface area contributed by atoms with Crippen LogP contribution in [0.3, 0.4) is 0 Å². The lowest BCUT2D eigenvalue weighted by Gasteiger charge is -2.29. The number of aryl methyl sites for hydroxylation is 1. The average Bonchev–Trinajstić information content (AvgIpc) is 3.47. The van der Waals surface area contributed by atoms with Crippen molar-refractivity contribution in [1.29, 1.82) is 0 Å². The molecular formula is C28H34N6O3. The fourth-order valence-corrected chi connectivity index (χ4v) is 4.76. The summed E-state index contributed by atoms with van der Waals surface area (Å²) in [6.45, 7) is 5.55. The van der Waals surface area contributed by atoms with Gasteiger partial charge in [-0.25, -0.2) is 9.78 Å². The Bertz CT molecular complexity index is 1380. The summed E-state index contributed by atoms with van der Waals surface area (Å²) < 4.78 is 15.6. The first kappa shape index (κ1) is 24.8. The zero-order valence-electron chi connectivity index (χ0n) is 22.1. The van der Waals surface area contributed by atoms with Gasteiger partial charge < -0.3 is 9.47 Å². The van der Waals surface area contributed by atoms with E-state index in [2.05, 4.69) is 14.8 Å². The maximum atomic E-state index is 12.7. The minimum atomic E-state index is -0.592. The second kappa shape index (κ2) is 9.88. The highest BCUT2D eigenvalue weighted by Crippen LogP contribution is 2.36. The van der Waals surface area contributed by atoms with E-state index < -0.39 is 11.7 Å². The molecule has 1 amide bonds. The van der Waals surface area contributed by atoms with Crippen molar-refractivity contribution < 1.29 is 14.3 Å². The van der Waals surface area contributed by atoms with Gasteiger partial charge in [-0.1, -0.05) is 18.2 Å². The number of pyridine rings is 1. The number of carbonyl (C=O) groups is 1. The van der Waals surface area contributed by atoms with Gasteiger partial charge in [0, 0.05) is 43.5 Å². The number of fused-ring (bicyclic) bond motifs is 1. The topological polar surface area (TPSA) is 87.3 Å². The van der Waals surface area contributed by atoms with E-state index >= 15 is 0 Å². The van der Waals surface area contributed by atoms with Gasteiger partial charge in [0.2, 0.25) is 0 Å². The maximum absolute atomic E-state index is 12.7. The van der Waals surface area contributed by atoms with Gasteiger partial charge in [-0.3, -0.25) is 14.3 Å². The van der Waals surface area contributed by atoms with Crippen LogP contribution in [0.15, 0.2) is 55.0 Å². The lowest BCUT2D eigenvalue weighted by atomic mass is 9.93. The van der Waals surface area contributed by atoms with Crippen LogP contribution in [0.4, 0.5) is 10.6 Å². The molecule has 1 aliphatic carbocycles. The van der Waals surface area contributed by atoms with Crippen molar-refractivity contribution in [2.45, 2.75) is 64.2 Å². The van der Waals surface area contributed by atoms with Crippen molar-refractivity contribution >= 4 is 22.8 Å². The first-order valence-electron chi connectivity index (χ1n) is 12.7. The van der Waals surface area contributed by atoms with Gasteiger partial charge in [0.25, 0.3) is 0 Å². The van der Waals surface area contributed by atoms with Crippen LogP contribution in [0.25, 0.3) is 22.2 Å². The highest BCUT2D eigenvalue weighted by molar-refractivity contribution is 5.95. The number of benzene rings is 1. The van der Waals surface area contributed by atoms with Crippen LogP contribution in [0.2, 0.25) is 0 Å². The van der Waals surface area contributed by atoms with Gasteiger partial charge in [-0.15, -0.1) is 0 Å². The van der Waals surface area contributed by atoms with E-state index in [1.54, 1.807) is 17.9 Å². The number of para-hydroxylation sites is 1. The second-order valence-electron chi connectivity index (χ2n) is 10.7.